The SMILES string of the molecule is CC1(C)C(=O)C(C#N)=C[C@]2(C)C3=CC=C4[C@@H]5C[C@@](C)(C(=O)O)CC[C@]5(C)CC[C@@]4(C)[C@]3(C)CC[C@@H]12. The maximum atomic E-state index is 13.1. The standard InChI is InChI=1S/C31H41NO3/c1-26(2)22-10-11-31(7)23(29(22,5)16-19(18-32)24(26)33)9-8-20-21-17-28(4,25(34)35)13-12-27(21,3)14-15-30(20,31)6/h8-9,16,21-22H,10-15,17H2,1-7H3,(H,34,35)/t21-,22-,27+,28-,29-,30+,31+/m0/s1. The Morgan fingerprint density at radius 2 is 1.63 bits per heavy atom. The van der Waals surface area contributed by atoms with E-state index in [2.05, 4.69) is 45.9 Å². The number of nitriles is 1. The van der Waals surface area contributed by atoms with Crippen molar-refractivity contribution >= 4 is 11.8 Å². The van der Waals surface area contributed by atoms with Gasteiger partial charge in [0.2, 0.25) is 0 Å². The van der Waals surface area contributed by atoms with E-state index in [-0.39, 0.29) is 39.3 Å². The molecule has 5 aliphatic rings. The number of hydrogen-bond acceptors (Lipinski definition) is 3. The van der Waals surface area contributed by atoms with Crippen LogP contribution in [0.3, 0.4) is 0 Å². The number of rotatable bonds is 1. The molecular weight excluding hydrogens is 434 g/mol. The van der Waals surface area contributed by atoms with Crippen LogP contribution in [0, 0.1) is 55.7 Å². The molecule has 5 aliphatic carbocycles. The van der Waals surface area contributed by atoms with Gasteiger partial charge in [0.1, 0.15) is 6.07 Å². The first-order valence-corrected chi connectivity index (χ1v) is 13.4. The third kappa shape index (κ3) is 2.85. The van der Waals surface area contributed by atoms with Crippen LogP contribution < -0.4 is 0 Å². The summed E-state index contributed by atoms with van der Waals surface area (Å²) in [6.45, 7) is 15.5. The van der Waals surface area contributed by atoms with E-state index in [9.17, 15) is 20.0 Å². The van der Waals surface area contributed by atoms with Crippen LogP contribution in [0.2, 0.25) is 0 Å². The topological polar surface area (TPSA) is 78.2 Å². The monoisotopic (exact) mass is 475 g/mol. The minimum absolute atomic E-state index is 0.0199. The van der Waals surface area contributed by atoms with Crippen LogP contribution in [0.4, 0.5) is 0 Å². The van der Waals surface area contributed by atoms with Gasteiger partial charge in [-0.25, -0.2) is 0 Å². The molecule has 0 aromatic rings. The maximum absolute atomic E-state index is 13.1. The Labute approximate surface area is 210 Å². The van der Waals surface area contributed by atoms with Crippen molar-refractivity contribution in [1.29, 1.82) is 5.26 Å². The predicted molar refractivity (Wildman–Crippen MR) is 136 cm³/mol. The molecule has 188 valence electrons. The Hall–Kier alpha value is -2.15. The van der Waals surface area contributed by atoms with Gasteiger partial charge in [-0.3, -0.25) is 9.59 Å². The van der Waals surface area contributed by atoms with Crippen molar-refractivity contribution < 1.29 is 14.7 Å². The van der Waals surface area contributed by atoms with Gasteiger partial charge in [-0.05, 0) is 80.0 Å². The molecule has 0 spiro atoms. The van der Waals surface area contributed by atoms with E-state index >= 15 is 0 Å². The summed E-state index contributed by atoms with van der Waals surface area (Å²) in [5.41, 5.74) is 1.53. The minimum Gasteiger partial charge on any atom is -0.481 e. The lowest BCUT2D eigenvalue weighted by Crippen LogP contribution is -2.60. The molecule has 7 atom stereocenters. The molecule has 0 heterocycles. The highest BCUT2D eigenvalue weighted by Crippen LogP contribution is 2.73. The summed E-state index contributed by atoms with van der Waals surface area (Å²) in [7, 11) is 0. The van der Waals surface area contributed by atoms with Crippen molar-refractivity contribution in [2.24, 2.45) is 44.3 Å². The minimum atomic E-state index is -0.671. The van der Waals surface area contributed by atoms with Gasteiger partial charge < -0.3 is 5.11 Å². The number of carboxylic acids is 1. The molecule has 0 saturated heterocycles. The Balaban J connectivity index is 1.68. The average molecular weight is 476 g/mol. The molecule has 0 aromatic heterocycles. The summed E-state index contributed by atoms with van der Waals surface area (Å²) in [5.74, 6) is -0.252. The van der Waals surface area contributed by atoms with Gasteiger partial charge >= 0.3 is 5.97 Å². The first-order valence-electron chi connectivity index (χ1n) is 13.4. The fraction of sp³-hybridized carbons (Fsp3) is 0.710. The normalized spacial score (nSPS) is 48.1. The van der Waals surface area contributed by atoms with E-state index in [1.165, 1.54) is 11.1 Å². The van der Waals surface area contributed by atoms with Crippen LogP contribution in [0.1, 0.15) is 93.4 Å². The fourth-order valence-electron chi connectivity index (χ4n) is 9.47. The van der Waals surface area contributed by atoms with Gasteiger partial charge in [0.15, 0.2) is 5.78 Å². The van der Waals surface area contributed by atoms with Crippen LogP contribution >= 0.6 is 0 Å². The largest absolute Gasteiger partial charge is 0.481 e. The number of aliphatic carboxylic acids is 1. The van der Waals surface area contributed by atoms with Gasteiger partial charge in [0.05, 0.1) is 11.0 Å². The Morgan fingerprint density at radius 1 is 0.971 bits per heavy atom. The second kappa shape index (κ2) is 6.99. The second-order valence-electron chi connectivity index (χ2n) is 14.2. The quantitative estimate of drug-likeness (QED) is 0.441. The van der Waals surface area contributed by atoms with Gasteiger partial charge in [-0.2, -0.15) is 5.26 Å². The smallest absolute Gasteiger partial charge is 0.309 e. The molecule has 0 unspecified atom stereocenters. The number of carbonyl (C=O) groups excluding carboxylic acids is 1. The zero-order valence-electron chi connectivity index (χ0n) is 22.5. The molecule has 35 heavy (non-hydrogen) atoms. The lowest BCUT2D eigenvalue weighted by molar-refractivity contribution is -0.154. The number of fused-ring (bicyclic) bond motifs is 7. The van der Waals surface area contributed by atoms with Gasteiger partial charge in [-0.15, -0.1) is 0 Å². The molecule has 1 N–H and O–H groups in total. The molecule has 0 aliphatic heterocycles. The Bertz CT molecular complexity index is 1170. The van der Waals surface area contributed by atoms with Crippen LogP contribution in [0.25, 0.3) is 0 Å². The Morgan fingerprint density at radius 3 is 2.26 bits per heavy atom. The summed E-state index contributed by atoms with van der Waals surface area (Å²) >= 11 is 0. The summed E-state index contributed by atoms with van der Waals surface area (Å²) < 4.78 is 0. The summed E-state index contributed by atoms with van der Waals surface area (Å²) in [5, 5.41) is 19.9. The van der Waals surface area contributed by atoms with Crippen LogP contribution in [0.15, 0.2) is 34.9 Å². The molecule has 3 fully saturated rings. The third-order valence-electron chi connectivity index (χ3n) is 12.2. The van der Waals surface area contributed by atoms with E-state index in [0.717, 1.165) is 38.5 Å². The van der Waals surface area contributed by atoms with E-state index in [0.29, 0.717) is 12.0 Å². The van der Waals surface area contributed by atoms with Crippen LogP contribution in [-0.4, -0.2) is 16.9 Å². The van der Waals surface area contributed by atoms with Gasteiger partial charge in [0.25, 0.3) is 0 Å². The number of carboxylic acid groups (broad SMARTS) is 1. The van der Waals surface area contributed by atoms with Gasteiger partial charge in [0, 0.05) is 10.8 Å². The summed E-state index contributed by atoms with van der Waals surface area (Å²) in [6, 6.07) is 2.22. The van der Waals surface area contributed by atoms with E-state index < -0.39 is 16.8 Å². The van der Waals surface area contributed by atoms with Crippen molar-refractivity contribution in [3.63, 3.8) is 0 Å². The first kappa shape index (κ1) is 24.5. The lowest BCUT2D eigenvalue weighted by atomic mass is 9.36. The molecule has 0 amide bonds. The maximum Gasteiger partial charge on any atom is 0.309 e. The van der Waals surface area contributed by atoms with Crippen molar-refractivity contribution in [3.8, 4) is 6.07 Å². The second-order valence-corrected chi connectivity index (χ2v) is 14.2. The van der Waals surface area contributed by atoms with Crippen molar-refractivity contribution in [1.82, 2.24) is 0 Å². The molecule has 5 rings (SSSR count). The van der Waals surface area contributed by atoms with Crippen molar-refractivity contribution in [2.75, 3.05) is 0 Å². The first-order chi connectivity index (χ1) is 16.1. The fourth-order valence-corrected chi connectivity index (χ4v) is 9.47. The number of allylic oxidation sites excluding steroid dienone is 6. The van der Waals surface area contributed by atoms with E-state index in [1.54, 1.807) is 0 Å². The third-order valence-corrected chi connectivity index (χ3v) is 12.2. The van der Waals surface area contributed by atoms with Crippen LogP contribution in [0.5, 0.6) is 0 Å². The zero-order valence-corrected chi connectivity index (χ0v) is 22.5. The highest BCUT2D eigenvalue weighted by molar-refractivity contribution is 6.04. The zero-order chi connectivity index (χ0) is 25.8. The molecule has 3 saturated carbocycles. The van der Waals surface area contributed by atoms with E-state index in [1.807, 2.05) is 26.8 Å². The number of carbonyl (C=O) groups is 2. The van der Waals surface area contributed by atoms with Crippen LogP contribution in [-0.2, 0) is 9.59 Å². The number of ketones is 1. The summed E-state index contributed by atoms with van der Waals surface area (Å²) in [6.07, 6.45) is 13.3. The number of nitrogens with zero attached hydrogens (tertiary/aromatic N) is 1. The highest BCUT2D eigenvalue weighted by Gasteiger charge is 2.66. The average Bonchev–Trinajstić information content (AvgIpc) is 2.78. The molecule has 4 nitrogen and oxygen atoms in total. The Kier molecular flexibility index (Phi) is 4.90. The molecule has 0 radical (unpaired) electrons. The number of Topliss-reactive ketones (excluding diaryl/α,β-unsaturated/α-hetero) is 1. The van der Waals surface area contributed by atoms with Crippen molar-refractivity contribution in [2.45, 2.75) is 93.4 Å². The molecular formula is C31H41NO3. The molecule has 0 bridgehead atoms. The van der Waals surface area contributed by atoms with E-state index in [4.69, 9.17) is 0 Å². The molecule has 4 heteroatoms. The van der Waals surface area contributed by atoms with Gasteiger partial charge in [-0.1, -0.05) is 70.9 Å². The number of hydrogen-bond donors (Lipinski definition) is 1. The predicted octanol–water partition coefficient (Wildman–Crippen LogP) is 7.03. The van der Waals surface area contributed by atoms with Crippen molar-refractivity contribution in [3.05, 3.63) is 34.9 Å². The lowest BCUT2D eigenvalue weighted by Gasteiger charge is -2.67. The highest BCUT2D eigenvalue weighted by atomic mass is 16.4. The molecule has 0 aromatic carbocycles. The summed E-state index contributed by atoms with van der Waals surface area (Å²) in [4.78, 5) is 25.4.